The normalized spacial score (nSPS) is 27.6. The highest BCUT2D eigenvalue weighted by atomic mass is 32.2. The molecule has 2 atom stereocenters. The second-order valence-corrected chi connectivity index (χ2v) is 6.71. The average Bonchev–Trinajstić information content (AvgIpc) is 2.50. The van der Waals surface area contributed by atoms with Gasteiger partial charge in [0.15, 0.2) is 4.34 Å². The molecule has 2 unspecified atom stereocenters. The molecule has 1 fully saturated rings. The highest BCUT2D eigenvalue weighted by Crippen LogP contribution is 2.33. The highest BCUT2D eigenvalue weighted by Gasteiger charge is 2.22. The lowest BCUT2D eigenvalue weighted by Crippen LogP contribution is -2.31. The van der Waals surface area contributed by atoms with Crippen LogP contribution in [0.25, 0.3) is 0 Å². The van der Waals surface area contributed by atoms with Crippen LogP contribution in [0.4, 0.5) is 0 Å². The zero-order valence-electron chi connectivity index (χ0n) is 8.98. The molecule has 0 saturated heterocycles. The van der Waals surface area contributed by atoms with Crippen molar-refractivity contribution in [2.75, 3.05) is 0 Å². The molecule has 0 aliphatic heterocycles. The maximum Gasteiger partial charge on any atom is 0.174 e. The standard InChI is InChI=1S/C10H17N3S2/c1-7-12-13-10(14-7)15-9-6-4-2-3-5-8(9)11/h8-9H,2-6,11H2,1H3. The van der Waals surface area contributed by atoms with Crippen LogP contribution < -0.4 is 5.73 Å². The molecule has 2 N–H and O–H groups in total. The lowest BCUT2D eigenvalue weighted by Gasteiger charge is -2.18. The van der Waals surface area contributed by atoms with Gasteiger partial charge in [-0.3, -0.25) is 0 Å². The highest BCUT2D eigenvalue weighted by molar-refractivity contribution is 8.01. The Labute approximate surface area is 98.9 Å². The van der Waals surface area contributed by atoms with Crippen molar-refractivity contribution in [1.82, 2.24) is 10.2 Å². The van der Waals surface area contributed by atoms with E-state index in [0.717, 1.165) is 15.8 Å². The number of aromatic nitrogens is 2. The van der Waals surface area contributed by atoms with Gasteiger partial charge in [0.2, 0.25) is 0 Å². The summed E-state index contributed by atoms with van der Waals surface area (Å²) < 4.78 is 1.08. The Kier molecular flexibility index (Phi) is 3.99. The van der Waals surface area contributed by atoms with Crippen molar-refractivity contribution >= 4 is 23.1 Å². The van der Waals surface area contributed by atoms with Gasteiger partial charge in [-0.25, -0.2) is 0 Å². The Morgan fingerprint density at radius 2 is 2.07 bits per heavy atom. The molecule has 5 heteroatoms. The molecule has 1 heterocycles. The van der Waals surface area contributed by atoms with Gasteiger partial charge < -0.3 is 5.73 Å². The number of aryl methyl sites for hydroxylation is 1. The van der Waals surface area contributed by atoms with Gasteiger partial charge in [-0.1, -0.05) is 42.4 Å². The largest absolute Gasteiger partial charge is 0.327 e. The Hall–Kier alpha value is -0.130. The first kappa shape index (κ1) is 11.4. The molecule has 3 nitrogen and oxygen atoms in total. The molecule has 1 aliphatic carbocycles. The summed E-state index contributed by atoms with van der Waals surface area (Å²) >= 11 is 3.50. The van der Waals surface area contributed by atoms with E-state index in [1.54, 1.807) is 11.3 Å². The van der Waals surface area contributed by atoms with E-state index < -0.39 is 0 Å². The summed E-state index contributed by atoms with van der Waals surface area (Å²) in [7, 11) is 0. The van der Waals surface area contributed by atoms with Crippen molar-refractivity contribution < 1.29 is 0 Å². The summed E-state index contributed by atoms with van der Waals surface area (Å²) in [5.74, 6) is 0. The zero-order valence-corrected chi connectivity index (χ0v) is 10.6. The summed E-state index contributed by atoms with van der Waals surface area (Å²) in [6.07, 6.45) is 6.32. The van der Waals surface area contributed by atoms with Crippen LogP contribution in [-0.4, -0.2) is 21.5 Å². The summed E-state index contributed by atoms with van der Waals surface area (Å²) in [6, 6.07) is 0.335. The lowest BCUT2D eigenvalue weighted by atomic mass is 10.1. The number of nitrogens with zero attached hydrogens (tertiary/aromatic N) is 2. The molecule has 15 heavy (non-hydrogen) atoms. The van der Waals surface area contributed by atoms with Crippen LogP contribution >= 0.6 is 23.1 Å². The second kappa shape index (κ2) is 5.27. The predicted octanol–water partition coefficient (Wildman–Crippen LogP) is 2.60. The van der Waals surface area contributed by atoms with E-state index in [1.807, 2.05) is 18.7 Å². The van der Waals surface area contributed by atoms with Crippen molar-refractivity contribution in [1.29, 1.82) is 0 Å². The molecule has 84 valence electrons. The Bertz CT molecular complexity index is 313. The maximum absolute atomic E-state index is 6.17. The van der Waals surface area contributed by atoms with Gasteiger partial charge in [0, 0.05) is 11.3 Å². The molecule has 0 radical (unpaired) electrons. The van der Waals surface area contributed by atoms with Crippen molar-refractivity contribution in [3.8, 4) is 0 Å². The summed E-state index contributed by atoms with van der Waals surface area (Å²) in [5, 5.41) is 9.77. The summed E-state index contributed by atoms with van der Waals surface area (Å²) in [4.78, 5) is 0. The van der Waals surface area contributed by atoms with E-state index in [-0.39, 0.29) is 0 Å². The molecule has 1 aliphatic rings. The lowest BCUT2D eigenvalue weighted by molar-refractivity contribution is 0.596. The number of nitrogens with two attached hydrogens (primary N) is 1. The van der Waals surface area contributed by atoms with Crippen molar-refractivity contribution in [2.45, 2.75) is 54.7 Å². The van der Waals surface area contributed by atoms with Gasteiger partial charge in [-0.05, 0) is 19.8 Å². The van der Waals surface area contributed by atoms with Crippen molar-refractivity contribution in [3.63, 3.8) is 0 Å². The van der Waals surface area contributed by atoms with E-state index in [9.17, 15) is 0 Å². The Morgan fingerprint density at radius 3 is 2.80 bits per heavy atom. The van der Waals surface area contributed by atoms with Crippen LogP contribution in [0.5, 0.6) is 0 Å². The van der Waals surface area contributed by atoms with Crippen molar-refractivity contribution in [2.24, 2.45) is 5.73 Å². The molecule has 1 saturated carbocycles. The number of rotatable bonds is 2. The zero-order chi connectivity index (χ0) is 10.7. The van der Waals surface area contributed by atoms with Crippen LogP contribution in [0.15, 0.2) is 4.34 Å². The number of hydrogen-bond acceptors (Lipinski definition) is 5. The first-order valence-corrected chi connectivity index (χ1v) is 7.17. The molecular weight excluding hydrogens is 226 g/mol. The minimum atomic E-state index is 0.335. The van der Waals surface area contributed by atoms with E-state index in [4.69, 9.17) is 5.73 Å². The fourth-order valence-corrected chi connectivity index (χ4v) is 4.19. The van der Waals surface area contributed by atoms with E-state index in [1.165, 1.54) is 25.7 Å². The third-order valence-corrected chi connectivity index (χ3v) is 5.11. The first-order chi connectivity index (χ1) is 7.25. The molecule has 0 amide bonds. The quantitative estimate of drug-likeness (QED) is 0.811. The minimum absolute atomic E-state index is 0.335. The fraction of sp³-hybridized carbons (Fsp3) is 0.800. The summed E-state index contributed by atoms with van der Waals surface area (Å²) in [5.41, 5.74) is 6.17. The van der Waals surface area contributed by atoms with Crippen LogP contribution in [0.3, 0.4) is 0 Å². The predicted molar refractivity (Wildman–Crippen MR) is 65.4 cm³/mol. The first-order valence-electron chi connectivity index (χ1n) is 5.48. The number of thioether (sulfide) groups is 1. The third kappa shape index (κ3) is 3.16. The topological polar surface area (TPSA) is 51.8 Å². The van der Waals surface area contributed by atoms with Crippen LogP contribution in [-0.2, 0) is 0 Å². The molecular formula is C10H17N3S2. The minimum Gasteiger partial charge on any atom is -0.327 e. The molecule has 0 spiro atoms. The fourth-order valence-electron chi connectivity index (χ4n) is 1.90. The SMILES string of the molecule is Cc1nnc(SC2CCCCCC2N)s1. The molecule has 1 aromatic rings. The monoisotopic (exact) mass is 243 g/mol. The Balaban J connectivity index is 1.97. The maximum atomic E-state index is 6.17. The molecule has 0 bridgehead atoms. The van der Waals surface area contributed by atoms with Crippen LogP contribution in [0.1, 0.15) is 37.1 Å². The van der Waals surface area contributed by atoms with E-state index >= 15 is 0 Å². The van der Waals surface area contributed by atoms with Gasteiger partial charge in [-0.2, -0.15) is 0 Å². The molecule has 1 aromatic heterocycles. The number of hydrogen-bond donors (Lipinski definition) is 1. The third-order valence-electron chi connectivity index (χ3n) is 2.76. The summed E-state index contributed by atoms with van der Waals surface area (Å²) in [6.45, 7) is 1.99. The average molecular weight is 243 g/mol. The second-order valence-electron chi connectivity index (χ2n) is 4.05. The van der Waals surface area contributed by atoms with E-state index in [0.29, 0.717) is 11.3 Å². The van der Waals surface area contributed by atoms with E-state index in [2.05, 4.69) is 10.2 Å². The smallest absolute Gasteiger partial charge is 0.174 e. The molecule has 2 rings (SSSR count). The van der Waals surface area contributed by atoms with Crippen LogP contribution in [0.2, 0.25) is 0 Å². The van der Waals surface area contributed by atoms with Gasteiger partial charge in [-0.15, -0.1) is 10.2 Å². The van der Waals surface area contributed by atoms with Gasteiger partial charge in [0.1, 0.15) is 5.01 Å². The van der Waals surface area contributed by atoms with Gasteiger partial charge >= 0.3 is 0 Å². The molecule has 0 aromatic carbocycles. The van der Waals surface area contributed by atoms with Gasteiger partial charge in [0.25, 0.3) is 0 Å². The van der Waals surface area contributed by atoms with Crippen LogP contribution in [0, 0.1) is 6.92 Å². The van der Waals surface area contributed by atoms with Crippen molar-refractivity contribution in [3.05, 3.63) is 5.01 Å². The van der Waals surface area contributed by atoms with Gasteiger partial charge in [0.05, 0.1) is 0 Å². The Morgan fingerprint density at radius 1 is 1.27 bits per heavy atom.